The minimum atomic E-state index is -0.357. The average molecular weight is 370 g/mol. The molecule has 1 fully saturated rings. The summed E-state index contributed by atoms with van der Waals surface area (Å²) in [5, 5.41) is 0.211. The highest BCUT2D eigenvalue weighted by Gasteiger charge is 2.36. The number of imidazole rings is 1. The number of thioether (sulfide) groups is 1. The van der Waals surface area contributed by atoms with Crippen molar-refractivity contribution in [3.63, 3.8) is 0 Å². The van der Waals surface area contributed by atoms with E-state index in [0.29, 0.717) is 21.4 Å². The Kier molecular flexibility index (Phi) is 3.86. The lowest BCUT2D eigenvalue weighted by molar-refractivity contribution is -0.113. The zero-order valence-electron chi connectivity index (χ0n) is 13.1. The zero-order valence-corrected chi connectivity index (χ0v) is 14.7. The lowest BCUT2D eigenvalue weighted by Crippen LogP contribution is -2.27. The van der Waals surface area contributed by atoms with Crippen molar-refractivity contribution in [3.05, 3.63) is 64.3 Å². The van der Waals surface area contributed by atoms with Crippen LogP contribution in [-0.2, 0) is 11.8 Å². The summed E-state index contributed by atoms with van der Waals surface area (Å²) in [7, 11) is 1.88. The van der Waals surface area contributed by atoms with Gasteiger partial charge in [-0.2, -0.15) is 0 Å². The van der Waals surface area contributed by atoms with Gasteiger partial charge in [-0.05, 0) is 48.2 Å². The number of aromatic nitrogens is 2. The number of fused-ring (bicyclic) bond motifs is 1. The van der Waals surface area contributed by atoms with Gasteiger partial charge in [0.2, 0.25) is 0 Å². The van der Waals surface area contributed by atoms with Gasteiger partial charge in [0.05, 0.1) is 21.6 Å². The van der Waals surface area contributed by atoms with Crippen LogP contribution in [0.2, 0.25) is 5.02 Å². The highest BCUT2D eigenvalue weighted by Crippen LogP contribution is 2.36. The van der Waals surface area contributed by atoms with E-state index in [1.807, 2.05) is 35.9 Å². The maximum Gasteiger partial charge on any atom is 0.298 e. The number of rotatable bonds is 2. The van der Waals surface area contributed by atoms with E-state index in [4.69, 9.17) is 11.6 Å². The number of anilines is 1. The van der Waals surface area contributed by atoms with Gasteiger partial charge in [-0.25, -0.2) is 9.88 Å². The summed E-state index contributed by atoms with van der Waals surface area (Å²) < 4.78 is 1.89. The number of halogens is 1. The first-order chi connectivity index (χ1) is 12.0. The van der Waals surface area contributed by atoms with E-state index in [1.165, 1.54) is 0 Å². The molecule has 4 rings (SSSR count). The molecule has 2 amide bonds. The molecule has 7 heteroatoms. The second-order valence-corrected chi connectivity index (χ2v) is 6.94. The fourth-order valence-corrected chi connectivity index (χ4v) is 3.63. The summed E-state index contributed by atoms with van der Waals surface area (Å²) >= 11 is 6.77. The molecule has 25 heavy (non-hydrogen) atoms. The van der Waals surface area contributed by atoms with Crippen LogP contribution in [-0.4, -0.2) is 20.7 Å². The Balaban J connectivity index is 1.72. The summed E-state index contributed by atoms with van der Waals surface area (Å²) in [6, 6.07) is 14.3. The Labute approximate surface area is 152 Å². The third-order valence-corrected chi connectivity index (χ3v) is 5.08. The Morgan fingerprint density at radius 1 is 1.08 bits per heavy atom. The van der Waals surface area contributed by atoms with E-state index >= 15 is 0 Å². The van der Waals surface area contributed by atoms with E-state index in [1.54, 1.807) is 30.3 Å². The van der Waals surface area contributed by atoms with Crippen molar-refractivity contribution in [3.8, 4) is 0 Å². The number of hydrogen-bond acceptors (Lipinski definition) is 4. The molecule has 0 saturated carbocycles. The molecule has 124 valence electrons. The molecule has 0 spiro atoms. The molecule has 2 heterocycles. The molecule has 0 unspecified atom stereocenters. The zero-order chi connectivity index (χ0) is 17.6. The van der Waals surface area contributed by atoms with Gasteiger partial charge in [-0.3, -0.25) is 9.59 Å². The summed E-state index contributed by atoms with van der Waals surface area (Å²) in [6.07, 6.45) is 1.65. The van der Waals surface area contributed by atoms with Crippen molar-refractivity contribution in [2.75, 3.05) is 4.90 Å². The number of imide groups is 1. The predicted molar refractivity (Wildman–Crippen MR) is 101 cm³/mol. The molecular weight excluding hydrogens is 358 g/mol. The van der Waals surface area contributed by atoms with Crippen molar-refractivity contribution >= 4 is 57.3 Å². The molecule has 1 aromatic heterocycles. The third kappa shape index (κ3) is 2.73. The number of nitrogens with zero attached hydrogens (tertiary/aromatic N) is 3. The molecule has 1 aliphatic heterocycles. The summed E-state index contributed by atoms with van der Waals surface area (Å²) in [4.78, 5) is 31.0. The van der Waals surface area contributed by atoms with Gasteiger partial charge in [-0.15, -0.1) is 0 Å². The second kappa shape index (κ2) is 6.06. The van der Waals surface area contributed by atoms with Gasteiger partial charge < -0.3 is 4.57 Å². The van der Waals surface area contributed by atoms with E-state index in [2.05, 4.69) is 4.98 Å². The lowest BCUT2D eigenvalue weighted by atomic mass is 10.3. The first-order valence-electron chi connectivity index (χ1n) is 7.49. The van der Waals surface area contributed by atoms with Gasteiger partial charge in [0.25, 0.3) is 11.1 Å². The standard InChI is InChI=1S/C18H12ClN3O2S/c1-21-14-5-3-2-4-13(14)20-16(21)10-15-17(23)22(18(24)25-15)12-8-6-11(19)7-9-12/h2-10H,1H3/b15-10+. The average Bonchev–Trinajstić information content (AvgIpc) is 3.06. The maximum absolute atomic E-state index is 12.7. The number of hydrogen-bond donors (Lipinski definition) is 0. The molecule has 0 N–H and O–H groups in total. The Bertz CT molecular complexity index is 1040. The van der Waals surface area contributed by atoms with Crippen molar-refractivity contribution in [1.29, 1.82) is 0 Å². The van der Waals surface area contributed by atoms with Crippen molar-refractivity contribution in [1.82, 2.24) is 9.55 Å². The summed E-state index contributed by atoms with van der Waals surface area (Å²) in [5.41, 5.74) is 2.30. The van der Waals surface area contributed by atoms with Crippen LogP contribution in [0.15, 0.2) is 53.4 Å². The highest BCUT2D eigenvalue weighted by atomic mass is 35.5. The van der Waals surface area contributed by atoms with Gasteiger partial charge in [0.1, 0.15) is 5.82 Å². The topological polar surface area (TPSA) is 55.2 Å². The number of aryl methyl sites for hydroxylation is 1. The van der Waals surface area contributed by atoms with Crippen LogP contribution in [0.3, 0.4) is 0 Å². The number of carbonyl (C=O) groups is 2. The lowest BCUT2D eigenvalue weighted by Gasteiger charge is -2.12. The van der Waals surface area contributed by atoms with Crippen LogP contribution in [0.4, 0.5) is 10.5 Å². The maximum atomic E-state index is 12.7. The van der Waals surface area contributed by atoms with E-state index < -0.39 is 0 Å². The van der Waals surface area contributed by atoms with E-state index in [9.17, 15) is 9.59 Å². The Morgan fingerprint density at radius 3 is 2.52 bits per heavy atom. The van der Waals surface area contributed by atoms with Crippen LogP contribution in [0.5, 0.6) is 0 Å². The smallest absolute Gasteiger partial charge is 0.298 e. The largest absolute Gasteiger partial charge is 0.328 e. The van der Waals surface area contributed by atoms with Gasteiger partial charge >= 0.3 is 0 Å². The summed E-state index contributed by atoms with van der Waals surface area (Å²) in [5.74, 6) is 0.271. The molecule has 0 aliphatic carbocycles. The number of carbonyl (C=O) groups excluding carboxylic acids is 2. The molecule has 5 nitrogen and oxygen atoms in total. The molecule has 1 aliphatic rings. The van der Waals surface area contributed by atoms with Gasteiger partial charge in [-0.1, -0.05) is 23.7 Å². The highest BCUT2D eigenvalue weighted by molar-refractivity contribution is 8.19. The van der Waals surface area contributed by atoms with Crippen LogP contribution in [0.1, 0.15) is 5.82 Å². The minimum absolute atomic E-state index is 0.336. The van der Waals surface area contributed by atoms with E-state index in [0.717, 1.165) is 27.7 Å². The number of para-hydroxylation sites is 2. The van der Waals surface area contributed by atoms with Crippen LogP contribution in [0, 0.1) is 0 Å². The molecule has 0 atom stereocenters. The first kappa shape index (κ1) is 15.9. The quantitative estimate of drug-likeness (QED) is 0.625. The molecule has 2 aromatic carbocycles. The van der Waals surface area contributed by atoms with Gasteiger partial charge in [0, 0.05) is 18.1 Å². The molecule has 3 aromatic rings. The fourth-order valence-electron chi connectivity index (χ4n) is 2.69. The number of amides is 2. The van der Waals surface area contributed by atoms with Crippen molar-refractivity contribution in [2.45, 2.75) is 0 Å². The number of benzene rings is 2. The fraction of sp³-hybridized carbons (Fsp3) is 0.0556. The molecule has 0 radical (unpaired) electrons. The molecular formula is C18H12ClN3O2S. The predicted octanol–water partition coefficient (Wildman–Crippen LogP) is 4.47. The Morgan fingerprint density at radius 2 is 1.80 bits per heavy atom. The monoisotopic (exact) mass is 369 g/mol. The van der Waals surface area contributed by atoms with E-state index in [-0.39, 0.29) is 11.1 Å². The van der Waals surface area contributed by atoms with Crippen molar-refractivity contribution in [2.24, 2.45) is 7.05 Å². The SMILES string of the molecule is Cn1c(/C=C2/SC(=O)N(c3ccc(Cl)cc3)C2=O)nc2ccccc21. The first-order valence-corrected chi connectivity index (χ1v) is 8.69. The summed E-state index contributed by atoms with van der Waals surface area (Å²) in [6.45, 7) is 0. The Hall–Kier alpha value is -2.57. The molecule has 0 bridgehead atoms. The van der Waals surface area contributed by atoms with Gasteiger partial charge in [0.15, 0.2) is 0 Å². The third-order valence-electron chi connectivity index (χ3n) is 3.96. The normalized spacial score (nSPS) is 16.4. The van der Waals surface area contributed by atoms with Crippen LogP contribution >= 0.6 is 23.4 Å². The molecule has 1 saturated heterocycles. The minimum Gasteiger partial charge on any atom is -0.328 e. The van der Waals surface area contributed by atoms with Crippen LogP contribution in [0.25, 0.3) is 17.1 Å². The van der Waals surface area contributed by atoms with Crippen LogP contribution < -0.4 is 4.90 Å². The second-order valence-electron chi connectivity index (χ2n) is 5.51. The van der Waals surface area contributed by atoms with Crippen molar-refractivity contribution < 1.29 is 9.59 Å².